The SMILES string of the molecule is CCCCCCC(CC=CCCCCCCCC=O)O[Si](c1ccccc1)(c1ccccc1)C(C)(C)C. The number of allylic oxidation sites excluding steroid dienone is 1. The molecule has 1 atom stereocenters. The van der Waals surface area contributed by atoms with Crippen molar-refractivity contribution >= 4 is 25.0 Å². The van der Waals surface area contributed by atoms with Gasteiger partial charge in [0, 0.05) is 12.5 Å². The van der Waals surface area contributed by atoms with E-state index in [9.17, 15) is 4.79 Å². The summed E-state index contributed by atoms with van der Waals surface area (Å²) >= 11 is 0. The largest absolute Gasteiger partial charge is 0.404 e. The van der Waals surface area contributed by atoms with Crippen molar-refractivity contribution in [2.24, 2.45) is 0 Å². The van der Waals surface area contributed by atoms with Gasteiger partial charge in [-0.2, -0.15) is 0 Å². The molecule has 0 aromatic heterocycles. The highest BCUT2D eigenvalue weighted by Gasteiger charge is 2.51. The summed E-state index contributed by atoms with van der Waals surface area (Å²) < 4.78 is 7.50. The van der Waals surface area contributed by atoms with Gasteiger partial charge < -0.3 is 9.22 Å². The van der Waals surface area contributed by atoms with E-state index in [1.165, 1.54) is 61.7 Å². The highest BCUT2D eigenvalue weighted by atomic mass is 28.4. The van der Waals surface area contributed by atoms with Crippen LogP contribution in [-0.4, -0.2) is 20.7 Å². The molecule has 0 aliphatic rings. The first kappa shape index (κ1) is 31.2. The topological polar surface area (TPSA) is 26.3 Å². The minimum Gasteiger partial charge on any atom is -0.404 e. The third-order valence-corrected chi connectivity index (χ3v) is 12.5. The summed E-state index contributed by atoms with van der Waals surface area (Å²) in [5.74, 6) is 0. The van der Waals surface area contributed by atoms with Crippen LogP contribution in [0.25, 0.3) is 0 Å². The van der Waals surface area contributed by atoms with Crippen molar-refractivity contribution in [3.63, 3.8) is 0 Å². The molecule has 2 nitrogen and oxygen atoms in total. The maximum Gasteiger partial charge on any atom is 0.261 e. The van der Waals surface area contributed by atoms with Crippen LogP contribution in [0.5, 0.6) is 0 Å². The minimum atomic E-state index is -2.54. The molecule has 0 saturated carbocycles. The van der Waals surface area contributed by atoms with Crippen molar-refractivity contribution in [1.82, 2.24) is 0 Å². The molecule has 0 aliphatic carbocycles. The van der Waals surface area contributed by atoms with Crippen LogP contribution >= 0.6 is 0 Å². The quantitative estimate of drug-likeness (QED) is 0.0800. The summed E-state index contributed by atoms with van der Waals surface area (Å²) in [4.78, 5) is 10.5. The Kier molecular flexibility index (Phi) is 14.8. The number of unbranched alkanes of at least 4 members (excludes halogenated alkanes) is 9. The van der Waals surface area contributed by atoms with Crippen molar-refractivity contribution in [2.75, 3.05) is 0 Å². The summed E-state index contributed by atoms with van der Waals surface area (Å²) in [6.07, 6.45) is 21.0. The monoisotopic (exact) mass is 520 g/mol. The fourth-order valence-corrected chi connectivity index (χ4v) is 10.1. The van der Waals surface area contributed by atoms with Crippen LogP contribution in [0.15, 0.2) is 72.8 Å². The molecule has 0 heterocycles. The molecule has 3 heteroatoms. The molecule has 2 aromatic carbocycles. The second-order valence-corrected chi connectivity index (χ2v) is 15.7. The Morgan fingerprint density at radius 2 is 1.27 bits per heavy atom. The van der Waals surface area contributed by atoms with Crippen LogP contribution in [0.2, 0.25) is 5.04 Å². The summed E-state index contributed by atoms with van der Waals surface area (Å²) in [6.45, 7) is 9.40. The molecular formula is C34H52O2Si. The predicted octanol–water partition coefficient (Wildman–Crippen LogP) is 8.78. The maximum atomic E-state index is 10.5. The van der Waals surface area contributed by atoms with Gasteiger partial charge in [-0.1, -0.05) is 145 Å². The van der Waals surface area contributed by atoms with Crippen molar-refractivity contribution in [3.05, 3.63) is 72.8 Å². The molecule has 0 fully saturated rings. The first-order chi connectivity index (χ1) is 18.0. The van der Waals surface area contributed by atoms with E-state index in [1.54, 1.807) is 0 Å². The minimum absolute atomic E-state index is 0.00490. The van der Waals surface area contributed by atoms with Crippen LogP contribution in [-0.2, 0) is 9.22 Å². The first-order valence-corrected chi connectivity index (χ1v) is 16.7. The molecule has 0 aliphatic heterocycles. The molecule has 0 N–H and O–H groups in total. The molecule has 2 rings (SSSR count). The fraction of sp³-hybridized carbons (Fsp3) is 0.559. The predicted molar refractivity (Wildman–Crippen MR) is 163 cm³/mol. The van der Waals surface area contributed by atoms with E-state index in [4.69, 9.17) is 4.43 Å². The summed E-state index contributed by atoms with van der Waals surface area (Å²) in [5, 5.41) is 2.74. The van der Waals surface area contributed by atoms with Crippen LogP contribution in [0.3, 0.4) is 0 Å². The van der Waals surface area contributed by atoms with Crippen molar-refractivity contribution < 1.29 is 9.22 Å². The summed E-state index contributed by atoms with van der Waals surface area (Å²) in [5.41, 5.74) is 0. The highest BCUT2D eigenvalue weighted by Crippen LogP contribution is 2.38. The fourth-order valence-electron chi connectivity index (χ4n) is 5.35. The Labute approximate surface area is 229 Å². The summed E-state index contributed by atoms with van der Waals surface area (Å²) in [6, 6.07) is 22.1. The van der Waals surface area contributed by atoms with E-state index in [0.29, 0.717) is 6.42 Å². The number of aldehydes is 1. The van der Waals surface area contributed by atoms with Gasteiger partial charge in [0.15, 0.2) is 0 Å². The van der Waals surface area contributed by atoms with Crippen LogP contribution in [0.1, 0.15) is 111 Å². The number of carbonyl (C=O) groups excluding carboxylic acids is 1. The van der Waals surface area contributed by atoms with Crippen LogP contribution < -0.4 is 10.4 Å². The van der Waals surface area contributed by atoms with Crippen molar-refractivity contribution in [2.45, 2.75) is 122 Å². The van der Waals surface area contributed by atoms with Gasteiger partial charge in [0.1, 0.15) is 6.29 Å². The Bertz CT molecular complexity index is 830. The van der Waals surface area contributed by atoms with E-state index < -0.39 is 8.32 Å². The zero-order valence-corrected chi connectivity index (χ0v) is 25.1. The van der Waals surface area contributed by atoms with Gasteiger partial charge in [0.25, 0.3) is 8.32 Å². The molecular weight excluding hydrogens is 468 g/mol. The van der Waals surface area contributed by atoms with E-state index in [-0.39, 0.29) is 11.1 Å². The molecule has 0 radical (unpaired) electrons. The molecule has 1 unspecified atom stereocenters. The zero-order chi connectivity index (χ0) is 26.8. The lowest BCUT2D eigenvalue weighted by molar-refractivity contribution is -0.107. The average Bonchev–Trinajstić information content (AvgIpc) is 2.90. The van der Waals surface area contributed by atoms with Gasteiger partial charge in [-0.15, -0.1) is 0 Å². The van der Waals surface area contributed by atoms with E-state index >= 15 is 0 Å². The van der Waals surface area contributed by atoms with Crippen LogP contribution in [0, 0.1) is 0 Å². The normalized spacial score (nSPS) is 13.2. The van der Waals surface area contributed by atoms with Gasteiger partial charge >= 0.3 is 0 Å². The molecule has 0 amide bonds. The molecule has 37 heavy (non-hydrogen) atoms. The van der Waals surface area contributed by atoms with E-state index in [1.807, 2.05) is 0 Å². The van der Waals surface area contributed by atoms with Gasteiger partial charge in [-0.25, -0.2) is 0 Å². The molecule has 0 spiro atoms. The van der Waals surface area contributed by atoms with Gasteiger partial charge in [0.2, 0.25) is 0 Å². The van der Waals surface area contributed by atoms with Gasteiger partial charge in [0.05, 0.1) is 0 Å². The maximum absolute atomic E-state index is 10.5. The Morgan fingerprint density at radius 1 is 0.730 bits per heavy atom. The lowest BCUT2D eigenvalue weighted by Gasteiger charge is -2.45. The zero-order valence-electron chi connectivity index (χ0n) is 24.1. The van der Waals surface area contributed by atoms with Gasteiger partial charge in [-0.3, -0.25) is 0 Å². The summed E-state index contributed by atoms with van der Waals surface area (Å²) in [7, 11) is -2.54. The second-order valence-electron chi connectivity index (χ2n) is 11.5. The Morgan fingerprint density at radius 3 is 1.81 bits per heavy atom. The van der Waals surface area contributed by atoms with Crippen molar-refractivity contribution in [3.8, 4) is 0 Å². The lowest BCUT2D eigenvalue weighted by Crippen LogP contribution is -2.67. The second kappa shape index (κ2) is 17.5. The first-order valence-electron chi connectivity index (χ1n) is 14.8. The molecule has 0 saturated heterocycles. The smallest absolute Gasteiger partial charge is 0.261 e. The third-order valence-electron chi connectivity index (χ3n) is 7.40. The Balaban J connectivity index is 2.19. The van der Waals surface area contributed by atoms with Crippen molar-refractivity contribution in [1.29, 1.82) is 0 Å². The number of rotatable bonds is 19. The average molecular weight is 521 g/mol. The molecule has 2 aromatic rings. The van der Waals surface area contributed by atoms with Gasteiger partial charge in [-0.05, 0) is 47.5 Å². The molecule has 204 valence electrons. The number of carbonyl (C=O) groups is 1. The van der Waals surface area contributed by atoms with E-state index in [2.05, 4.69) is 101 Å². The third kappa shape index (κ3) is 10.4. The molecule has 0 bridgehead atoms. The lowest BCUT2D eigenvalue weighted by atomic mass is 10.1. The number of hydrogen-bond acceptors (Lipinski definition) is 2. The number of hydrogen-bond donors (Lipinski definition) is 0. The van der Waals surface area contributed by atoms with E-state index in [0.717, 1.165) is 32.0 Å². The van der Waals surface area contributed by atoms with Crippen LogP contribution in [0.4, 0.5) is 0 Å². The standard InChI is InChI=1S/C34H52O2Si/c1-5-6-7-17-24-31(25-18-13-11-9-8-10-12-14-23-30-35)36-37(34(2,3)4,32-26-19-15-20-27-32)33-28-21-16-22-29-33/h13,15-16,18-22,26-31H,5-12,14,17,23-25H2,1-4H3. The number of benzene rings is 2. The highest BCUT2D eigenvalue weighted by molar-refractivity contribution is 6.99. The Hall–Kier alpha value is -1.97.